The summed E-state index contributed by atoms with van der Waals surface area (Å²) in [6, 6.07) is 17.6. The van der Waals surface area contributed by atoms with Crippen molar-refractivity contribution in [1.29, 1.82) is 0 Å². The quantitative estimate of drug-likeness (QED) is 0.496. The molecule has 1 heterocycles. The molecule has 148 valence electrons. The Morgan fingerprint density at radius 1 is 0.931 bits per heavy atom. The first-order valence-electron chi connectivity index (χ1n) is 9.03. The van der Waals surface area contributed by atoms with Crippen molar-refractivity contribution in [2.45, 2.75) is 6.92 Å². The molecule has 2 aromatic carbocycles. The molecule has 0 fully saturated rings. The van der Waals surface area contributed by atoms with Gasteiger partial charge >= 0.3 is 0 Å². The number of halogens is 1. The van der Waals surface area contributed by atoms with Gasteiger partial charge in [-0.2, -0.15) is 0 Å². The Balaban J connectivity index is 1.56. The third kappa shape index (κ3) is 5.20. The van der Waals surface area contributed by atoms with E-state index >= 15 is 0 Å². The Bertz CT molecular complexity index is 1050. The van der Waals surface area contributed by atoms with E-state index in [2.05, 4.69) is 31.5 Å². The van der Waals surface area contributed by atoms with Crippen molar-refractivity contribution in [3.05, 3.63) is 82.0 Å². The second-order valence-corrected chi connectivity index (χ2v) is 7.28. The van der Waals surface area contributed by atoms with Gasteiger partial charge in [0.05, 0.1) is 22.5 Å². The zero-order valence-corrected chi connectivity index (χ0v) is 17.4. The number of hydrogen-bond acceptors (Lipinski definition) is 4. The minimum absolute atomic E-state index is 0.0822. The number of phenolic OH excluding ortho intramolecular Hbond substituents is 1. The van der Waals surface area contributed by atoms with Gasteiger partial charge in [-0.3, -0.25) is 14.6 Å². The molecule has 3 aromatic rings. The van der Waals surface area contributed by atoms with Gasteiger partial charge in [0.2, 0.25) is 0 Å². The largest absolute Gasteiger partial charge is 0.507 e. The van der Waals surface area contributed by atoms with Crippen LogP contribution in [0, 0.1) is 6.92 Å². The molecule has 0 spiro atoms. The number of carbonyl (C=O) groups is 2. The second-order valence-electron chi connectivity index (χ2n) is 6.37. The van der Waals surface area contributed by atoms with E-state index in [1.54, 1.807) is 25.1 Å². The average molecular weight is 454 g/mol. The first kappa shape index (κ1) is 20.5. The molecule has 2 amide bonds. The van der Waals surface area contributed by atoms with Crippen molar-refractivity contribution in [3.8, 4) is 17.0 Å². The molecule has 0 aliphatic rings. The lowest BCUT2D eigenvalue weighted by Crippen LogP contribution is -2.35. The van der Waals surface area contributed by atoms with Crippen LogP contribution in [-0.2, 0) is 0 Å². The molecule has 0 atom stereocenters. The molecule has 6 nitrogen and oxygen atoms in total. The van der Waals surface area contributed by atoms with Crippen LogP contribution in [0.25, 0.3) is 11.3 Å². The molecule has 0 bridgehead atoms. The van der Waals surface area contributed by atoms with Gasteiger partial charge in [0.1, 0.15) is 5.75 Å². The van der Waals surface area contributed by atoms with E-state index in [9.17, 15) is 14.7 Å². The number of rotatable bonds is 6. The van der Waals surface area contributed by atoms with Crippen molar-refractivity contribution in [2.24, 2.45) is 0 Å². The Hall–Kier alpha value is -3.19. The first-order chi connectivity index (χ1) is 14.0. The summed E-state index contributed by atoms with van der Waals surface area (Å²) in [6.07, 6.45) is 0. The van der Waals surface area contributed by atoms with Crippen LogP contribution in [0.2, 0.25) is 0 Å². The number of aromatic hydroxyl groups is 1. The van der Waals surface area contributed by atoms with Crippen molar-refractivity contribution >= 4 is 27.7 Å². The molecule has 0 saturated heterocycles. The van der Waals surface area contributed by atoms with Crippen LogP contribution in [0.15, 0.2) is 65.1 Å². The van der Waals surface area contributed by atoms with E-state index in [4.69, 9.17) is 0 Å². The predicted octanol–water partition coefficient (Wildman–Crippen LogP) is 3.68. The van der Waals surface area contributed by atoms with Crippen LogP contribution < -0.4 is 10.6 Å². The highest BCUT2D eigenvalue weighted by molar-refractivity contribution is 9.10. The SMILES string of the molecule is Cc1nc(-c2cccc(Br)c2)ccc1C(=O)NCCNC(=O)c1ccccc1O. The lowest BCUT2D eigenvalue weighted by Gasteiger charge is -2.10. The number of nitrogens with zero attached hydrogens (tertiary/aromatic N) is 1. The van der Waals surface area contributed by atoms with E-state index in [1.807, 2.05) is 30.3 Å². The highest BCUT2D eigenvalue weighted by atomic mass is 79.9. The molecule has 0 radical (unpaired) electrons. The smallest absolute Gasteiger partial charge is 0.255 e. The van der Waals surface area contributed by atoms with Crippen LogP contribution in [0.1, 0.15) is 26.4 Å². The number of amides is 2. The number of para-hydroxylation sites is 1. The summed E-state index contributed by atoms with van der Waals surface area (Å²) in [5.41, 5.74) is 3.05. The number of nitrogens with one attached hydrogen (secondary N) is 2. The minimum atomic E-state index is -0.395. The average Bonchev–Trinajstić information content (AvgIpc) is 2.71. The van der Waals surface area contributed by atoms with Crippen LogP contribution in [-0.4, -0.2) is 35.0 Å². The Morgan fingerprint density at radius 2 is 1.62 bits per heavy atom. The molecule has 7 heteroatoms. The van der Waals surface area contributed by atoms with E-state index in [-0.39, 0.29) is 30.3 Å². The van der Waals surface area contributed by atoms with Crippen LogP contribution in [0.3, 0.4) is 0 Å². The van der Waals surface area contributed by atoms with Gasteiger partial charge < -0.3 is 15.7 Å². The van der Waals surface area contributed by atoms with E-state index < -0.39 is 5.91 Å². The van der Waals surface area contributed by atoms with E-state index in [0.717, 1.165) is 15.7 Å². The Morgan fingerprint density at radius 3 is 2.28 bits per heavy atom. The van der Waals surface area contributed by atoms with Crippen molar-refractivity contribution in [2.75, 3.05) is 13.1 Å². The van der Waals surface area contributed by atoms with Gasteiger partial charge in [0.25, 0.3) is 11.8 Å². The van der Waals surface area contributed by atoms with Crippen molar-refractivity contribution in [1.82, 2.24) is 15.6 Å². The lowest BCUT2D eigenvalue weighted by atomic mass is 10.1. The fourth-order valence-electron chi connectivity index (χ4n) is 2.82. The molecule has 3 N–H and O–H groups in total. The Kier molecular flexibility index (Phi) is 6.61. The minimum Gasteiger partial charge on any atom is -0.507 e. The second kappa shape index (κ2) is 9.34. The number of phenols is 1. The summed E-state index contributed by atoms with van der Waals surface area (Å²) < 4.78 is 0.960. The number of hydrogen-bond donors (Lipinski definition) is 3. The normalized spacial score (nSPS) is 10.4. The van der Waals surface area contributed by atoms with Gasteiger partial charge in [0, 0.05) is 23.1 Å². The van der Waals surface area contributed by atoms with Gasteiger partial charge in [-0.1, -0.05) is 40.2 Å². The van der Waals surface area contributed by atoms with Crippen LogP contribution in [0.4, 0.5) is 0 Å². The van der Waals surface area contributed by atoms with Crippen molar-refractivity contribution in [3.63, 3.8) is 0 Å². The third-order valence-electron chi connectivity index (χ3n) is 4.30. The number of aromatic nitrogens is 1. The molecule has 1 aromatic heterocycles. The molecule has 29 heavy (non-hydrogen) atoms. The van der Waals surface area contributed by atoms with Gasteiger partial charge in [-0.05, 0) is 43.3 Å². The summed E-state index contributed by atoms with van der Waals surface area (Å²) in [4.78, 5) is 29.0. The standard InChI is InChI=1S/C22H20BrN3O3/c1-14-17(9-10-19(26-14)15-5-4-6-16(23)13-15)21(28)24-11-12-25-22(29)18-7-2-3-8-20(18)27/h2-10,13,27H,11-12H2,1H3,(H,24,28)(H,25,29). The molecule has 0 aliphatic carbocycles. The zero-order valence-electron chi connectivity index (χ0n) is 15.8. The van der Waals surface area contributed by atoms with E-state index in [1.165, 1.54) is 12.1 Å². The summed E-state index contributed by atoms with van der Waals surface area (Å²) >= 11 is 3.44. The fourth-order valence-corrected chi connectivity index (χ4v) is 3.22. The maximum absolute atomic E-state index is 12.4. The number of carbonyl (C=O) groups excluding carboxylic acids is 2. The highest BCUT2D eigenvalue weighted by Gasteiger charge is 2.12. The molecule has 0 saturated carbocycles. The molecule has 0 unspecified atom stereocenters. The maximum Gasteiger partial charge on any atom is 0.255 e. The topological polar surface area (TPSA) is 91.3 Å². The summed E-state index contributed by atoms with van der Waals surface area (Å²) in [5, 5.41) is 15.1. The molecular weight excluding hydrogens is 434 g/mol. The summed E-state index contributed by atoms with van der Waals surface area (Å²) in [5.74, 6) is -0.734. The lowest BCUT2D eigenvalue weighted by molar-refractivity contribution is 0.0925. The van der Waals surface area contributed by atoms with Crippen LogP contribution >= 0.6 is 15.9 Å². The molecule has 3 rings (SSSR count). The Labute approximate surface area is 177 Å². The zero-order chi connectivity index (χ0) is 20.8. The maximum atomic E-state index is 12.4. The summed E-state index contributed by atoms with van der Waals surface area (Å²) in [6.45, 7) is 2.28. The first-order valence-corrected chi connectivity index (χ1v) is 9.83. The highest BCUT2D eigenvalue weighted by Crippen LogP contribution is 2.22. The van der Waals surface area contributed by atoms with Crippen LogP contribution in [0.5, 0.6) is 5.75 Å². The number of aryl methyl sites for hydroxylation is 1. The van der Waals surface area contributed by atoms with Gasteiger partial charge in [-0.25, -0.2) is 0 Å². The fraction of sp³-hybridized carbons (Fsp3) is 0.136. The third-order valence-corrected chi connectivity index (χ3v) is 4.79. The van der Waals surface area contributed by atoms with E-state index in [0.29, 0.717) is 11.3 Å². The monoisotopic (exact) mass is 453 g/mol. The van der Waals surface area contributed by atoms with Gasteiger partial charge in [-0.15, -0.1) is 0 Å². The molecular formula is C22H20BrN3O3. The molecule has 0 aliphatic heterocycles. The van der Waals surface area contributed by atoms with Crippen molar-refractivity contribution < 1.29 is 14.7 Å². The predicted molar refractivity (Wildman–Crippen MR) is 115 cm³/mol. The summed E-state index contributed by atoms with van der Waals surface area (Å²) in [7, 11) is 0. The van der Waals surface area contributed by atoms with Gasteiger partial charge in [0.15, 0.2) is 0 Å². The number of benzene rings is 2. The number of pyridine rings is 1.